The molecule has 20 heavy (non-hydrogen) atoms. The first-order valence-corrected chi connectivity index (χ1v) is 7.16. The molecule has 1 atom stereocenters. The van der Waals surface area contributed by atoms with Gasteiger partial charge in [0.25, 0.3) is 0 Å². The Hall–Kier alpha value is -1.87. The summed E-state index contributed by atoms with van der Waals surface area (Å²) < 4.78 is 0. The Morgan fingerprint density at radius 3 is 2.80 bits per heavy atom. The second-order valence-electron chi connectivity index (χ2n) is 5.55. The van der Waals surface area contributed by atoms with E-state index < -0.39 is 5.97 Å². The van der Waals surface area contributed by atoms with Gasteiger partial charge in [0.1, 0.15) is 0 Å². The van der Waals surface area contributed by atoms with Gasteiger partial charge in [0.05, 0.1) is 6.42 Å². The van der Waals surface area contributed by atoms with Crippen LogP contribution in [0.4, 0.5) is 0 Å². The van der Waals surface area contributed by atoms with E-state index in [4.69, 9.17) is 5.11 Å². The van der Waals surface area contributed by atoms with Crippen LogP contribution in [-0.4, -0.2) is 28.6 Å². The lowest BCUT2D eigenvalue weighted by molar-refractivity contribution is -0.138. The zero-order valence-corrected chi connectivity index (χ0v) is 11.5. The number of hydrogen-bond donors (Lipinski definition) is 1. The maximum absolute atomic E-state index is 10.9. The first-order valence-electron chi connectivity index (χ1n) is 7.16. The SMILES string of the molecule is O=C(O)CC1CCCN1Cc1ccc2ccccc2c1. The van der Waals surface area contributed by atoms with E-state index in [0.29, 0.717) is 0 Å². The van der Waals surface area contributed by atoms with E-state index >= 15 is 0 Å². The number of aliphatic carboxylic acids is 1. The Bertz CT molecular complexity index is 623. The van der Waals surface area contributed by atoms with Gasteiger partial charge in [-0.1, -0.05) is 36.4 Å². The highest BCUT2D eigenvalue weighted by Gasteiger charge is 2.26. The molecule has 1 aliphatic rings. The molecule has 3 nitrogen and oxygen atoms in total. The molecular formula is C17H19NO2. The second kappa shape index (κ2) is 5.63. The molecule has 0 radical (unpaired) electrons. The van der Waals surface area contributed by atoms with Crippen LogP contribution in [0.1, 0.15) is 24.8 Å². The molecule has 1 aliphatic heterocycles. The van der Waals surface area contributed by atoms with Crippen molar-refractivity contribution in [2.24, 2.45) is 0 Å². The number of carboxylic acids is 1. The summed E-state index contributed by atoms with van der Waals surface area (Å²) in [6.45, 7) is 1.85. The first kappa shape index (κ1) is 13.1. The van der Waals surface area contributed by atoms with Crippen molar-refractivity contribution < 1.29 is 9.90 Å². The molecule has 3 heteroatoms. The molecule has 0 aromatic heterocycles. The van der Waals surface area contributed by atoms with E-state index in [2.05, 4.69) is 41.3 Å². The van der Waals surface area contributed by atoms with E-state index in [0.717, 1.165) is 25.9 Å². The van der Waals surface area contributed by atoms with E-state index in [1.807, 2.05) is 6.07 Å². The Labute approximate surface area is 118 Å². The van der Waals surface area contributed by atoms with Gasteiger partial charge in [0.15, 0.2) is 0 Å². The molecule has 1 saturated heterocycles. The van der Waals surface area contributed by atoms with Crippen molar-refractivity contribution in [2.45, 2.75) is 31.8 Å². The minimum absolute atomic E-state index is 0.193. The number of carboxylic acid groups (broad SMARTS) is 1. The van der Waals surface area contributed by atoms with E-state index in [-0.39, 0.29) is 12.5 Å². The molecule has 104 valence electrons. The van der Waals surface area contributed by atoms with Crippen molar-refractivity contribution >= 4 is 16.7 Å². The predicted molar refractivity (Wildman–Crippen MR) is 79.6 cm³/mol. The van der Waals surface area contributed by atoms with Gasteiger partial charge in [-0.05, 0) is 41.8 Å². The predicted octanol–water partition coefficient (Wildman–Crippen LogP) is 3.28. The Kier molecular flexibility index (Phi) is 3.70. The summed E-state index contributed by atoms with van der Waals surface area (Å²) in [6.07, 6.45) is 2.36. The summed E-state index contributed by atoms with van der Waals surface area (Å²) in [5.74, 6) is -0.694. The number of carbonyl (C=O) groups is 1. The Morgan fingerprint density at radius 1 is 1.20 bits per heavy atom. The number of fused-ring (bicyclic) bond motifs is 1. The fourth-order valence-corrected chi connectivity index (χ4v) is 3.11. The zero-order chi connectivity index (χ0) is 13.9. The van der Waals surface area contributed by atoms with Crippen LogP contribution in [0.5, 0.6) is 0 Å². The van der Waals surface area contributed by atoms with Gasteiger partial charge in [-0.3, -0.25) is 9.69 Å². The molecule has 0 amide bonds. The van der Waals surface area contributed by atoms with Crippen LogP contribution in [0.2, 0.25) is 0 Å². The normalized spacial score (nSPS) is 19.5. The van der Waals surface area contributed by atoms with E-state index in [9.17, 15) is 4.79 Å². The highest BCUT2D eigenvalue weighted by Crippen LogP contribution is 2.24. The standard InChI is InChI=1S/C17H19NO2/c19-17(20)11-16-6-3-9-18(16)12-13-7-8-14-4-1-2-5-15(14)10-13/h1-2,4-5,7-8,10,16H,3,6,9,11-12H2,(H,19,20). The molecule has 1 fully saturated rings. The van der Waals surface area contributed by atoms with Crippen LogP contribution in [0.25, 0.3) is 10.8 Å². The maximum atomic E-state index is 10.9. The zero-order valence-electron chi connectivity index (χ0n) is 11.5. The molecule has 1 unspecified atom stereocenters. The van der Waals surface area contributed by atoms with Crippen molar-refractivity contribution in [3.8, 4) is 0 Å². The van der Waals surface area contributed by atoms with Gasteiger partial charge in [0, 0.05) is 12.6 Å². The third-order valence-corrected chi connectivity index (χ3v) is 4.11. The van der Waals surface area contributed by atoms with Gasteiger partial charge >= 0.3 is 5.97 Å². The van der Waals surface area contributed by atoms with E-state index in [1.165, 1.54) is 16.3 Å². The number of likely N-dealkylation sites (tertiary alicyclic amines) is 1. The number of hydrogen-bond acceptors (Lipinski definition) is 2. The smallest absolute Gasteiger partial charge is 0.304 e. The minimum Gasteiger partial charge on any atom is -0.481 e. The van der Waals surface area contributed by atoms with Crippen molar-refractivity contribution in [1.82, 2.24) is 4.90 Å². The number of benzene rings is 2. The third-order valence-electron chi connectivity index (χ3n) is 4.11. The lowest BCUT2D eigenvalue weighted by Gasteiger charge is -2.23. The average Bonchev–Trinajstić information content (AvgIpc) is 2.85. The van der Waals surface area contributed by atoms with Crippen LogP contribution >= 0.6 is 0 Å². The van der Waals surface area contributed by atoms with Crippen LogP contribution in [0.15, 0.2) is 42.5 Å². The van der Waals surface area contributed by atoms with Crippen molar-refractivity contribution in [3.63, 3.8) is 0 Å². The minimum atomic E-state index is -0.694. The molecule has 0 bridgehead atoms. The quantitative estimate of drug-likeness (QED) is 0.926. The summed E-state index contributed by atoms with van der Waals surface area (Å²) in [7, 11) is 0. The molecule has 1 heterocycles. The van der Waals surface area contributed by atoms with Gasteiger partial charge < -0.3 is 5.11 Å². The summed E-state index contributed by atoms with van der Waals surface area (Å²) >= 11 is 0. The maximum Gasteiger partial charge on any atom is 0.304 e. The monoisotopic (exact) mass is 269 g/mol. The van der Waals surface area contributed by atoms with Crippen LogP contribution in [0, 0.1) is 0 Å². The van der Waals surface area contributed by atoms with Gasteiger partial charge in [-0.2, -0.15) is 0 Å². The van der Waals surface area contributed by atoms with Crippen LogP contribution in [0.3, 0.4) is 0 Å². The van der Waals surface area contributed by atoms with Crippen LogP contribution < -0.4 is 0 Å². The molecule has 1 N–H and O–H groups in total. The summed E-state index contributed by atoms with van der Waals surface area (Å²) in [6, 6.07) is 15.0. The summed E-state index contributed by atoms with van der Waals surface area (Å²) in [5, 5.41) is 11.5. The lowest BCUT2D eigenvalue weighted by atomic mass is 10.1. The van der Waals surface area contributed by atoms with E-state index in [1.54, 1.807) is 0 Å². The number of nitrogens with zero attached hydrogens (tertiary/aromatic N) is 1. The largest absolute Gasteiger partial charge is 0.481 e. The van der Waals surface area contributed by atoms with Gasteiger partial charge in [-0.15, -0.1) is 0 Å². The molecule has 0 aliphatic carbocycles. The molecule has 0 spiro atoms. The summed E-state index contributed by atoms with van der Waals surface area (Å²) in [5.41, 5.74) is 1.26. The Balaban J connectivity index is 1.76. The topological polar surface area (TPSA) is 40.5 Å². The summed E-state index contributed by atoms with van der Waals surface area (Å²) in [4.78, 5) is 13.2. The van der Waals surface area contributed by atoms with Crippen molar-refractivity contribution in [3.05, 3.63) is 48.0 Å². The fourth-order valence-electron chi connectivity index (χ4n) is 3.11. The Morgan fingerprint density at radius 2 is 2.00 bits per heavy atom. The molecule has 2 aromatic carbocycles. The first-order chi connectivity index (χ1) is 9.72. The van der Waals surface area contributed by atoms with Gasteiger partial charge in [-0.25, -0.2) is 0 Å². The molecular weight excluding hydrogens is 250 g/mol. The highest BCUT2D eigenvalue weighted by atomic mass is 16.4. The molecule has 0 saturated carbocycles. The lowest BCUT2D eigenvalue weighted by Crippen LogP contribution is -2.30. The van der Waals surface area contributed by atoms with Crippen molar-refractivity contribution in [1.29, 1.82) is 0 Å². The average molecular weight is 269 g/mol. The fraction of sp³-hybridized carbons (Fsp3) is 0.353. The van der Waals surface area contributed by atoms with Crippen LogP contribution in [-0.2, 0) is 11.3 Å². The second-order valence-corrected chi connectivity index (χ2v) is 5.55. The highest BCUT2D eigenvalue weighted by molar-refractivity contribution is 5.82. The molecule has 2 aromatic rings. The van der Waals surface area contributed by atoms with Gasteiger partial charge in [0.2, 0.25) is 0 Å². The number of rotatable bonds is 4. The third kappa shape index (κ3) is 2.83. The molecule has 3 rings (SSSR count). The van der Waals surface area contributed by atoms with Crippen molar-refractivity contribution in [2.75, 3.05) is 6.54 Å².